The molecule has 3 heterocycles. The lowest BCUT2D eigenvalue weighted by Crippen LogP contribution is -2.22. The second-order valence-electron chi connectivity index (χ2n) is 18.9. The summed E-state index contributed by atoms with van der Waals surface area (Å²) < 4.78 is 2.28. The first-order valence-corrected chi connectivity index (χ1v) is 19.1. The molecule has 0 unspecified atom stereocenters. The maximum atomic E-state index is 11.3. The van der Waals surface area contributed by atoms with Gasteiger partial charge in [0.2, 0.25) is 0 Å². The van der Waals surface area contributed by atoms with Crippen LogP contribution in [0.1, 0.15) is 99.8 Å². The molecule has 1 N–H and O–H groups in total. The molecule has 0 aliphatic heterocycles. The molecule has 5 nitrogen and oxygen atoms in total. The van der Waals surface area contributed by atoms with E-state index in [-0.39, 0.29) is 27.5 Å². The summed E-state index contributed by atoms with van der Waals surface area (Å²) in [5, 5.41) is 12.5. The van der Waals surface area contributed by atoms with Crippen molar-refractivity contribution in [2.24, 2.45) is 0 Å². The normalized spacial score (nSPS) is 12.9. The zero-order chi connectivity index (χ0) is 39.0. The highest BCUT2D eigenvalue weighted by atomic mass is 16.3. The molecular formula is C49H54N4O. The Morgan fingerprint density at radius 2 is 1.19 bits per heavy atom. The van der Waals surface area contributed by atoms with Gasteiger partial charge >= 0.3 is 0 Å². The predicted octanol–water partition coefficient (Wildman–Crippen LogP) is 13.0. The van der Waals surface area contributed by atoms with Gasteiger partial charge in [-0.2, -0.15) is 0 Å². The van der Waals surface area contributed by atoms with Crippen molar-refractivity contribution >= 4 is 21.9 Å². The summed E-state index contributed by atoms with van der Waals surface area (Å²) in [5.41, 5.74) is 13.3. The Morgan fingerprint density at radius 3 is 1.81 bits per heavy atom. The minimum absolute atomic E-state index is 0.0756. The molecule has 7 rings (SSSR count). The number of imidazole rings is 1. The van der Waals surface area contributed by atoms with Crippen molar-refractivity contribution in [1.82, 2.24) is 19.5 Å². The van der Waals surface area contributed by atoms with Crippen molar-refractivity contribution in [3.05, 3.63) is 120 Å². The van der Waals surface area contributed by atoms with Crippen molar-refractivity contribution < 1.29 is 5.11 Å². The lowest BCUT2D eigenvalue weighted by Gasteiger charge is -2.26. The number of para-hydroxylation sites is 1. The third-order valence-corrected chi connectivity index (χ3v) is 10.5. The number of phenolic OH excluding ortho intramolecular Hbond substituents is 1. The van der Waals surface area contributed by atoms with E-state index in [1.54, 1.807) is 0 Å². The van der Waals surface area contributed by atoms with Gasteiger partial charge in [0.25, 0.3) is 0 Å². The van der Waals surface area contributed by atoms with Crippen molar-refractivity contribution in [3.63, 3.8) is 0 Å². The zero-order valence-electron chi connectivity index (χ0n) is 34.1. The van der Waals surface area contributed by atoms with Gasteiger partial charge in [0, 0.05) is 40.6 Å². The van der Waals surface area contributed by atoms with E-state index >= 15 is 0 Å². The Morgan fingerprint density at radius 1 is 0.519 bits per heavy atom. The smallest absolute Gasteiger partial charge is 0.145 e. The van der Waals surface area contributed by atoms with E-state index < -0.39 is 0 Å². The number of nitrogens with zero attached hydrogens (tertiary/aromatic N) is 4. The van der Waals surface area contributed by atoms with Gasteiger partial charge in [-0.15, -0.1) is 0 Å². The third-order valence-electron chi connectivity index (χ3n) is 10.5. The van der Waals surface area contributed by atoms with E-state index in [9.17, 15) is 5.11 Å². The lowest BCUT2D eigenvalue weighted by molar-refractivity contribution is 0.411. The minimum atomic E-state index is -0.311. The molecule has 0 saturated carbocycles. The van der Waals surface area contributed by atoms with Crippen LogP contribution < -0.4 is 0 Å². The van der Waals surface area contributed by atoms with Crippen LogP contribution in [0.15, 0.2) is 104 Å². The molecule has 0 bridgehead atoms. The molecular weight excluding hydrogens is 661 g/mol. The van der Waals surface area contributed by atoms with Gasteiger partial charge in [-0.3, -0.25) is 9.97 Å². The summed E-state index contributed by atoms with van der Waals surface area (Å²) in [6.07, 6.45) is 5.67. The fourth-order valence-corrected chi connectivity index (χ4v) is 7.59. The van der Waals surface area contributed by atoms with Crippen LogP contribution in [0.5, 0.6) is 5.75 Å². The standard InChI is InChI=1S/C49H54N4O/c1-46(2,3)34-16-17-42(54)39(29-34)45-52-44-36(14-13-15-41(44)53(45)49(10,11)12)32-24-33(26-35(25-32)47(4,5)6)37-27-31(30-18-21-50-22-19-30)28-38-40(48(7,8)9)20-23-51-43(37)38/h13-29,54H,1-12H3. The quantitative estimate of drug-likeness (QED) is 0.197. The van der Waals surface area contributed by atoms with Gasteiger partial charge in [-0.1, -0.05) is 92.6 Å². The first-order chi connectivity index (χ1) is 25.2. The average molecular weight is 715 g/mol. The van der Waals surface area contributed by atoms with E-state index in [1.807, 2.05) is 30.7 Å². The predicted molar refractivity (Wildman–Crippen MR) is 227 cm³/mol. The third kappa shape index (κ3) is 6.81. The Bertz CT molecular complexity index is 2530. The molecule has 54 heavy (non-hydrogen) atoms. The van der Waals surface area contributed by atoms with Gasteiger partial charge in [0.15, 0.2) is 0 Å². The molecule has 0 spiro atoms. The monoisotopic (exact) mass is 714 g/mol. The van der Waals surface area contributed by atoms with Crippen LogP contribution in [0.3, 0.4) is 0 Å². The Kier molecular flexibility index (Phi) is 8.87. The maximum Gasteiger partial charge on any atom is 0.145 e. The van der Waals surface area contributed by atoms with Crippen LogP contribution in [0, 0.1) is 0 Å². The van der Waals surface area contributed by atoms with Crippen LogP contribution >= 0.6 is 0 Å². The Hall–Kier alpha value is -5.29. The van der Waals surface area contributed by atoms with Gasteiger partial charge in [0.1, 0.15) is 11.6 Å². The van der Waals surface area contributed by atoms with Crippen LogP contribution in [-0.2, 0) is 21.8 Å². The molecule has 0 aliphatic carbocycles. The molecule has 7 aromatic rings. The minimum Gasteiger partial charge on any atom is -0.507 e. The summed E-state index contributed by atoms with van der Waals surface area (Å²) in [4.78, 5) is 14.8. The highest BCUT2D eigenvalue weighted by Crippen LogP contribution is 2.44. The number of rotatable bonds is 4. The molecule has 276 valence electrons. The van der Waals surface area contributed by atoms with E-state index in [2.05, 4.69) is 165 Å². The van der Waals surface area contributed by atoms with E-state index in [1.165, 1.54) is 11.1 Å². The van der Waals surface area contributed by atoms with E-state index in [0.29, 0.717) is 0 Å². The van der Waals surface area contributed by atoms with Crippen LogP contribution in [0.25, 0.3) is 66.7 Å². The van der Waals surface area contributed by atoms with Crippen molar-refractivity contribution in [2.75, 3.05) is 0 Å². The van der Waals surface area contributed by atoms with Gasteiger partial charge in [-0.05, 0) is 131 Å². The van der Waals surface area contributed by atoms with Crippen LogP contribution in [0.4, 0.5) is 0 Å². The second kappa shape index (κ2) is 12.9. The molecule has 0 atom stereocenters. The number of phenols is 1. The summed E-state index contributed by atoms with van der Waals surface area (Å²) in [5.74, 6) is 0.987. The highest BCUT2D eigenvalue weighted by molar-refractivity contribution is 6.01. The number of aromatic nitrogens is 4. The molecule has 0 amide bonds. The Balaban J connectivity index is 1.54. The number of hydrogen-bond donors (Lipinski definition) is 1. The molecule has 4 aromatic carbocycles. The molecule has 3 aromatic heterocycles. The summed E-state index contributed by atoms with van der Waals surface area (Å²) >= 11 is 0. The highest BCUT2D eigenvalue weighted by Gasteiger charge is 2.28. The molecule has 5 heteroatoms. The Labute approximate surface area is 321 Å². The van der Waals surface area contributed by atoms with Gasteiger partial charge in [-0.25, -0.2) is 4.98 Å². The molecule has 0 aliphatic rings. The van der Waals surface area contributed by atoms with Crippen LogP contribution in [-0.4, -0.2) is 24.6 Å². The number of benzene rings is 4. The SMILES string of the molecule is CC(C)(C)c1cc(-c2cc(-c3ccncc3)cc3c(C(C)(C)C)ccnc23)cc(-c2cccc3c2nc(-c2cc(C(C)(C)C)ccc2O)n3C(C)(C)C)c1. The van der Waals surface area contributed by atoms with Crippen molar-refractivity contribution in [1.29, 1.82) is 0 Å². The zero-order valence-corrected chi connectivity index (χ0v) is 34.1. The van der Waals surface area contributed by atoms with E-state index in [0.717, 1.165) is 72.3 Å². The fraction of sp³-hybridized carbons (Fsp3) is 0.327. The van der Waals surface area contributed by atoms with Gasteiger partial charge in [0.05, 0.1) is 22.1 Å². The first-order valence-electron chi connectivity index (χ1n) is 19.1. The first kappa shape index (κ1) is 37.0. The maximum absolute atomic E-state index is 11.3. The summed E-state index contributed by atoms with van der Waals surface area (Å²) in [6.45, 7) is 26.8. The van der Waals surface area contributed by atoms with Crippen LogP contribution in [0.2, 0.25) is 0 Å². The summed E-state index contributed by atoms with van der Waals surface area (Å²) in [7, 11) is 0. The van der Waals surface area contributed by atoms with Gasteiger partial charge < -0.3 is 9.67 Å². The molecule has 0 radical (unpaired) electrons. The number of aromatic hydroxyl groups is 1. The number of pyridine rings is 2. The van der Waals surface area contributed by atoms with Crippen molar-refractivity contribution in [2.45, 2.75) is 105 Å². The fourth-order valence-electron chi connectivity index (χ4n) is 7.59. The largest absolute Gasteiger partial charge is 0.507 e. The summed E-state index contributed by atoms with van der Waals surface area (Å²) in [6, 6.07) is 30.3. The molecule has 0 fully saturated rings. The topological polar surface area (TPSA) is 63.8 Å². The van der Waals surface area contributed by atoms with E-state index in [4.69, 9.17) is 9.97 Å². The number of hydrogen-bond acceptors (Lipinski definition) is 4. The van der Waals surface area contributed by atoms with Crippen molar-refractivity contribution in [3.8, 4) is 50.5 Å². The lowest BCUT2D eigenvalue weighted by atomic mass is 9.81. The average Bonchev–Trinajstić information content (AvgIpc) is 3.50. The second-order valence-corrected chi connectivity index (χ2v) is 18.9. The molecule has 0 saturated heterocycles. The number of fused-ring (bicyclic) bond motifs is 2.